The molecular weight excluding hydrogens is 218 g/mol. The lowest BCUT2D eigenvalue weighted by Gasteiger charge is -2.29. The van der Waals surface area contributed by atoms with Gasteiger partial charge in [-0.05, 0) is 26.1 Å². The van der Waals surface area contributed by atoms with E-state index in [-0.39, 0.29) is 12.2 Å². The Labute approximate surface area is 102 Å². The van der Waals surface area contributed by atoms with Gasteiger partial charge in [0.25, 0.3) is 0 Å². The van der Waals surface area contributed by atoms with E-state index in [9.17, 15) is 5.11 Å². The molecule has 1 aromatic carbocycles. The number of hydrogen-bond acceptors (Lipinski definition) is 4. The first-order chi connectivity index (χ1) is 8.15. The van der Waals surface area contributed by atoms with Crippen LogP contribution in [0.4, 0.5) is 0 Å². The van der Waals surface area contributed by atoms with E-state index in [1.54, 1.807) is 6.92 Å². The summed E-state index contributed by atoms with van der Waals surface area (Å²) in [5.41, 5.74) is 0. The lowest BCUT2D eigenvalue weighted by atomic mass is 10.2. The summed E-state index contributed by atoms with van der Waals surface area (Å²) in [5.74, 6) is 1.61. The Bertz CT molecular complexity index is 367. The number of aliphatic hydroxyl groups excluding tert-OH is 1. The summed E-state index contributed by atoms with van der Waals surface area (Å²) in [6.45, 7) is 3.73. The minimum atomic E-state index is -0.322. The van der Waals surface area contributed by atoms with E-state index >= 15 is 0 Å². The minimum Gasteiger partial charge on any atom is -0.486 e. The van der Waals surface area contributed by atoms with Crippen LogP contribution in [-0.2, 0) is 0 Å². The molecule has 0 saturated carbocycles. The molecule has 1 aliphatic rings. The normalized spacial score (nSPS) is 20.4. The quantitative estimate of drug-likeness (QED) is 0.852. The van der Waals surface area contributed by atoms with Crippen LogP contribution in [0.25, 0.3) is 0 Å². The highest BCUT2D eigenvalue weighted by atomic mass is 16.6. The highest BCUT2D eigenvalue weighted by molar-refractivity contribution is 5.40. The van der Waals surface area contributed by atoms with Gasteiger partial charge in [-0.2, -0.15) is 0 Å². The molecule has 0 radical (unpaired) electrons. The molecule has 0 fully saturated rings. The van der Waals surface area contributed by atoms with E-state index in [1.165, 1.54) is 0 Å². The van der Waals surface area contributed by atoms with Gasteiger partial charge >= 0.3 is 0 Å². The number of fused-ring (bicyclic) bond motifs is 1. The van der Waals surface area contributed by atoms with Crippen LogP contribution in [0.5, 0.6) is 11.5 Å². The Morgan fingerprint density at radius 1 is 1.41 bits per heavy atom. The molecule has 1 N–H and O–H groups in total. The number of para-hydroxylation sites is 2. The average molecular weight is 237 g/mol. The van der Waals surface area contributed by atoms with Crippen molar-refractivity contribution in [3.8, 4) is 11.5 Å². The van der Waals surface area contributed by atoms with Gasteiger partial charge < -0.3 is 14.6 Å². The van der Waals surface area contributed by atoms with Crippen molar-refractivity contribution in [1.29, 1.82) is 0 Å². The summed E-state index contributed by atoms with van der Waals surface area (Å²) in [7, 11) is 1.97. The van der Waals surface area contributed by atoms with Crippen molar-refractivity contribution in [2.75, 3.05) is 26.7 Å². The van der Waals surface area contributed by atoms with E-state index in [2.05, 4.69) is 0 Å². The molecular formula is C13H19NO3. The Kier molecular flexibility index (Phi) is 3.86. The van der Waals surface area contributed by atoms with Crippen LogP contribution in [-0.4, -0.2) is 49.0 Å². The standard InChI is InChI=1S/C13H19NO3/c1-10(15)7-14(2)8-11-9-16-12-5-3-4-6-13(12)17-11/h3-6,10-11,15H,7-9H2,1-2H3/t10-,11-/m1/s1. The third-order valence-corrected chi connectivity index (χ3v) is 2.66. The number of benzene rings is 1. The van der Waals surface area contributed by atoms with Crippen LogP contribution in [0.2, 0.25) is 0 Å². The molecule has 94 valence electrons. The van der Waals surface area contributed by atoms with E-state index < -0.39 is 0 Å². The molecule has 0 amide bonds. The van der Waals surface area contributed by atoms with Crippen LogP contribution >= 0.6 is 0 Å². The van der Waals surface area contributed by atoms with Crippen molar-refractivity contribution < 1.29 is 14.6 Å². The largest absolute Gasteiger partial charge is 0.486 e. The molecule has 0 unspecified atom stereocenters. The summed E-state index contributed by atoms with van der Waals surface area (Å²) in [5, 5.41) is 9.30. The molecule has 2 atom stereocenters. The average Bonchev–Trinajstić information content (AvgIpc) is 2.27. The van der Waals surface area contributed by atoms with E-state index in [0.29, 0.717) is 13.2 Å². The number of likely N-dealkylation sites (N-methyl/N-ethyl adjacent to an activating group) is 1. The Hall–Kier alpha value is -1.26. The molecule has 0 bridgehead atoms. The van der Waals surface area contributed by atoms with Crippen LogP contribution in [0.3, 0.4) is 0 Å². The Morgan fingerprint density at radius 2 is 2.12 bits per heavy atom. The fraction of sp³-hybridized carbons (Fsp3) is 0.538. The first kappa shape index (κ1) is 12.2. The Balaban J connectivity index is 1.90. The SMILES string of the molecule is C[C@@H](O)CN(C)C[C@@H]1COc2ccccc2O1. The van der Waals surface area contributed by atoms with Crippen molar-refractivity contribution in [3.05, 3.63) is 24.3 Å². The smallest absolute Gasteiger partial charge is 0.161 e. The molecule has 17 heavy (non-hydrogen) atoms. The van der Waals surface area contributed by atoms with Gasteiger partial charge in [0.2, 0.25) is 0 Å². The molecule has 0 aromatic heterocycles. The van der Waals surface area contributed by atoms with Crippen LogP contribution in [0.15, 0.2) is 24.3 Å². The van der Waals surface area contributed by atoms with Crippen molar-refractivity contribution in [2.45, 2.75) is 19.1 Å². The number of ether oxygens (including phenoxy) is 2. The highest BCUT2D eigenvalue weighted by Crippen LogP contribution is 2.30. The number of hydrogen-bond donors (Lipinski definition) is 1. The first-order valence-corrected chi connectivity index (χ1v) is 5.90. The maximum atomic E-state index is 9.30. The van der Waals surface area contributed by atoms with E-state index in [1.807, 2.05) is 36.2 Å². The predicted molar refractivity (Wildman–Crippen MR) is 65.5 cm³/mol. The van der Waals surface area contributed by atoms with Gasteiger partial charge in [0.1, 0.15) is 12.7 Å². The van der Waals surface area contributed by atoms with E-state index in [0.717, 1.165) is 18.0 Å². The van der Waals surface area contributed by atoms with Gasteiger partial charge in [-0.25, -0.2) is 0 Å². The second-order valence-corrected chi connectivity index (χ2v) is 4.57. The highest BCUT2D eigenvalue weighted by Gasteiger charge is 2.21. The predicted octanol–water partition coefficient (Wildman–Crippen LogP) is 1.14. The van der Waals surface area contributed by atoms with Gasteiger partial charge in [0.15, 0.2) is 11.5 Å². The monoisotopic (exact) mass is 237 g/mol. The number of aliphatic hydroxyl groups is 1. The van der Waals surface area contributed by atoms with Crippen molar-refractivity contribution in [2.24, 2.45) is 0 Å². The molecule has 0 aliphatic carbocycles. The van der Waals surface area contributed by atoms with Gasteiger partial charge in [0, 0.05) is 13.1 Å². The molecule has 4 heteroatoms. The van der Waals surface area contributed by atoms with Crippen LogP contribution in [0, 0.1) is 0 Å². The summed E-state index contributed by atoms with van der Waals surface area (Å²) in [6.07, 6.45) is -0.301. The van der Waals surface area contributed by atoms with Crippen molar-refractivity contribution in [3.63, 3.8) is 0 Å². The molecule has 2 rings (SSSR count). The van der Waals surface area contributed by atoms with Crippen molar-refractivity contribution >= 4 is 0 Å². The molecule has 0 spiro atoms. The molecule has 0 saturated heterocycles. The zero-order valence-corrected chi connectivity index (χ0v) is 10.3. The molecule has 4 nitrogen and oxygen atoms in total. The third kappa shape index (κ3) is 3.35. The third-order valence-electron chi connectivity index (χ3n) is 2.66. The lowest BCUT2D eigenvalue weighted by Crippen LogP contribution is -2.41. The fourth-order valence-corrected chi connectivity index (χ4v) is 2.03. The number of nitrogens with zero attached hydrogens (tertiary/aromatic N) is 1. The summed E-state index contributed by atoms with van der Waals surface area (Å²) < 4.78 is 11.5. The van der Waals surface area contributed by atoms with E-state index in [4.69, 9.17) is 9.47 Å². The maximum absolute atomic E-state index is 9.30. The zero-order chi connectivity index (χ0) is 12.3. The van der Waals surface area contributed by atoms with Crippen LogP contribution < -0.4 is 9.47 Å². The maximum Gasteiger partial charge on any atom is 0.161 e. The Morgan fingerprint density at radius 3 is 2.82 bits per heavy atom. The van der Waals surface area contributed by atoms with Crippen LogP contribution in [0.1, 0.15) is 6.92 Å². The second kappa shape index (κ2) is 5.38. The lowest BCUT2D eigenvalue weighted by molar-refractivity contribution is 0.0524. The molecule has 1 aliphatic heterocycles. The van der Waals surface area contributed by atoms with Crippen molar-refractivity contribution in [1.82, 2.24) is 4.90 Å². The molecule has 1 aromatic rings. The topological polar surface area (TPSA) is 41.9 Å². The van der Waals surface area contributed by atoms with Gasteiger partial charge in [-0.3, -0.25) is 4.90 Å². The first-order valence-electron chi connectivity index (χ1n) is 5.90. The van der Waals surface area contributed by atoms with Gasteiger partial charge in [-0.1, -0.05) is 12.1 Å². The summed E-state index contributed by atoms with van der Waals surface area (Å²) in [4.78, 5) is 2.05. The molecule has 1 heterocycles. The summed E-state index contributed by atoms with van der Waals surface area (Å²) >= 11 is 0. The summed E-state index contributed by atoms with van der Waals surface area (Å²) in [6, 6.07) is 7.69. The van der Waals surface area contributed by atoms with Gasteiger partial charge in [0.05, 0.1) is 6.10 Å². The van der Waals surface area contributed by atoms with Gasteiger partial charge in [-0.15, -0.1) is 0 Å². The number of rotatable bonds is 4. The second-order valence-electron chi connectivity index (χ2n) is 4.57. The zero-order valence-electron chi connectivity index (χ0n) is 10.3. The minimum absolute atomic E-state index is 0.0219. The fourth-order valence-electron chi connectivity index (χ4n) is 2.03.